The minimum atomic E-state index is -0.698. The van der Waals surface area contributed by atoms with Crippen molar-refractivity contribution in [2.45, 2.75) is 6.92 Å². The summed E-state index contributed by atoms with van der Waals surface area (Å²) < 4.78 is 20.7. The van der Waals surface area contributed by atoms with E-state index >= 15 is 0 Å². The quantitative estimate of drug-likeness (QED) is 0.383. The summed E-state index contributed by atoms with van der Waals surface area (Å²) in [5.74, 6) is -0.0182. The van der Waals surface area contributed by atoms with E-state index in [1.54, 1.807) is 36.4 Å². The number of hydrogen-bond acceptors (Lipinski definition) is 7. The molecule has 0 spiro atoms. The zero-order valence-electron chi connectivity index (χ0n) is 17.2. The molecule has 2 aromatic rings. The Labute approximate surface area is 174 Å². The van der Waals surface area contributed by atoms with Crippen LogP contribution in [0.15, 0.2) is 42.5 Å². The summed E-state index contributed by atoms with van der Waals surface area (Å²) in [7, 11) is 4.47. The maximum atomic E-state index is 12.0. The van der Waals surface area contributed by atoms with Gasteiger partial charge in [0.15, 0.2) is 23.9 Å². The van der Waals surface area contributed by atoms with Gasteiger partial charge in [0.2, 0.25) is 5.75 Å². The van der Waals surface area contributed by atoms with Crippen molar-refractivity contribution < 1.29 is 33.3 Å². The van der Waals surface area contributed by atoms with Crippen molar-refractivity contribution in [2.24, 2.45) is 0 Å². The zero-order valence-corrected chi connectivity index (χ0v) is 17.2. The highest BCUT2D eigenvalue weighted by Gasteiger charge is 2.12. The largest absolute Gasteiger partial charge is 0.493 e. The summed E-state index contributed by atoms with van der Waals surface area (Å²) in [6, 6.07) is 9.81. The normalized spacial score (nSPS) is 10.4. The van der Waals surface area contributed by atoms with Crippen LogP contribution in [0.2, 0.25) is 0 Å². The van der Waals surface area contributed by atoms with Crippen LogP contribution in [0, 0.1) is 0 Å². The van der Waals surface area contributed by atoms with E-state index in [9.17, 15) is 14.4 Å². The van der Waals surface area contributed by atoms with Crippen LogP contribution in [0.25, 0.3) is 6.08 Å². The van der Waals surface area contributed by atoms with Crippen LogP contribution in [0.1, 0.15) is 22.8 Å². The Morgan fingerprint density at radius 1 is 0.967 bits per heavy atom. The van der Waals surface area contributed by atoms with Crippen molar-refractivity contribution >= 4 is 29.4 Å². The Morgan fingerprint density at radius 2 is 1.63 bits per heavy atom. The molecule has 30 heavy (non-hydrogen) atoms. The Balaban J connectivity index is 1.96. The van der Waals surface area contributed by atoms with Gasteiger partial charge in [0, 0.05) is 17.3 Å². The summed E-state index contributed by atoms with van der Waals surface area (Å²) in [4.78, 5) is 35.3. The number of carbonyl (C=O) groups excluding carboxylic acids is 3. The van der Waals surface area contributed by atoms with E-state index < -0.39 is 18.5 Å². The number of esters is 1. The van der Waals surface area contributed by atoms with Crippen LogP contribution < -0.4 is 19.5 Å². The van der Waals surface area contributed by atoms with Gasteiger partial charge in [-0.15, -0.1) is 0 Å². The molecule has 0 fully saturated rings. The molecule has 0 unspecified atom stereocenters. The van der Waals surface area contributed by atoms with Crippen LogP contribution in [0.4, 0.5) is 5.69 Å². The SMILES string of the molecule is COc1cc(/C=C/C(=O)OCC(=O)Nc2cccc(C(C)=O)c2)cc(OC)c1OC. The molecule has 0 aliphatic heterocycles. The lowest BCUT2D eigenvalue weighted by Crippen LogP contribution is -2.20. The maximum absolute atomic E-state index is 12.0. The fourth-order valence-corrected chi connectivity index (χ4v) is 2.56. The van der Waals surface area contributed by atoms with Crippen LogP contribution in [-0.2, 0) is 14.3 Å². The number of anilines is 1. The van der Waals surface area contributed by atoms with Gasteiger partial charge in [-0.2, -0.15) is 0 Å². The first-order valence-corrected chi connectivity index (χ1v) is 8.93. The van der Waals surface area contributed by atoms with E-state index in [2.05, 4.69) is 5.32 Å². The van der Waals surface area contributed by atoms with E-state index in [-0.39, 0.29) is 5.78 Å². The van der Waals surface area contributed by atoms with Gasteiger partial charge < -0.3 is 24.3 Å². The predicted octanol–water partition coefficient (Wildman–Crippen LogP) is 3.11. The second-order valence-corrected chi connectivity index (χ2v) is 6.08. The number of methoxy groups -OCH3 is 3. The maximum Gasteiger partial charge on any atom is 0.331 e. The molecule has 0 heterocycles. The van der Waals surface area contributed by atoms with Crippen LogP contribution in [0.5, 0.6) is 17.2 Å². The lowest BCUT2D eigenvalue weighted by Gasteiger charge is -2.12. The number of Topliss-reactive ketones (excluding diaryl/α,β-unsaturated/α-hetero) is 1. The molecule has 1 N–H and O–H groups in total. The van der Waals surface area contributed by atoms with Gasteiger partial charge in [0.25, 0.3) is 5.91 Å². The molecular formula is C22H23NO7. The van der Waals surface area contributed by atoms with E-state index in [0.717, 1.165) is 0 Å². The first kappa shape index (κ1) is 22.5. The van der Waals surface area contributed by atoms with Crippen molar-refractivity contribution in [2.75, 3.05) is 33.3 Å². The van der Waals surface area contributed by atoms with Crippen molar-refractivity contribution in [3.8, 4) is 17.2 Å². The average molecular weight is 413 g/mol. The molecule has 0 radical (unpaired) electrons. The second kappa shape index (κ2) is 10.7. The molecule has 0 atom stereocenters. The van der Waals surface area contributed by atoms with E-state index in [0.29, 0.717) is 34.1 Å². The van der Waals surface area contributed by atoms with Crippen LogP contribution in [-0.4, -0.2) is 45.6 Å². The highest BCUT2D eigenvalue weighted by atomic mass is 16.5. The molecule has 0 aliphatic rings. The zero-order chi connectivity index (χ0) is 22.1. The van der Waals surface area contributed by atoms with Gasteiger partial charge in [-0.1, -0.05) is 12.1 Å². The molecule has 0 aromatic heterocycles. The minimum Gasteiger partial charge on any atom is -0.493 e. The molecule has 8 nitrogen and oxygen atoms in total. The standard InChI is InChI=1S/C22H23NO7/c1-14(24)16-6-5-7-17(12-16)23-20(25)13-30-21(26)9-8-15-10-18(27-2)22(29-4)19(11-15)28-3/h5-12H,13H2,1-4H3,(H,23,25)/b9-8+. The molecular weight excluding hydrogens is 390 g/mol. The van der Waals surface area contributed by atoms with Gasteiger partial charge in [-0.3, -0.25) is 9.59 Å². The van der Waals surface area contributed by atoms with Gasteiger partial charge in [0.1, 0.15) is 0 Å². The first-order valence-electron chi connectivity index (χ1n) is 8.93. The highest BCUT2D eigenvalue weighted by molar-refractivity contribution is 5.98. The lowest BCUT2D eigenvalue weighted by atomic mass is 10.1. The molecule has 158 valence electrons. The molecule has 0 aliphatic carbocycles. The van der Waals surface area contributed by atoms with Gasteiger partial charge in [0.05, 0.1) is 21.3 Å². The van der Waals surface area contributed by atoms with E-state index in [4.69, 9.17) is 18.9 Å². The molecule has 0 saturated carbocycles. The first-order chi connectivity index (χ1) is 14.4. The third-order valence-corrected chi connectivity index (χ3v) is 4.00. The van der Waals surface area contributed by atoms with Crippen molar-refractivity contribution in [3.05, 3.63) is 53.6 Å². The Bertz CT molecular complexity index is 941. The molecule has 2 rings (SSSR count). The number of hydrogen-bond donors (Lipinski definition) is 1. The smallest absolute Gasteiger partial charge is 0.331 e. The number of ketones is 1. The molecule has 1 amide bonds. The molecule has 2 aromatic carbocycles. The highest BCUT2D eigenvalue weighted by Crippen LogP contribution is 2.38. The fourth-order valence-electron chi connectivity index (χ4n) is 2.56. The Morgan fingerprint density at radius 3 is 2.20 bits per heavy atom. The summed E-state index contributed by atoms with van der Waals surface area (Å²) >= 11 is 0. The summed E-state index contributed by atoms with van der Waals surface area (Å²) in [6.07, 6.45) is 2.69. The molecule has 0 saturated heterocycles. The lowest BCUT2D eigenvalue weighted by molar-refractivity contribution is -0.142. The number of ether oxygens (including phenoxy) is 4. The third-order valence-electron chi connectivity index (χ3n) is 4.00. The van der Waals surface area contributed by atoms with Gasteiger partial charge in [-0.05, 0) is 42.8 Å². The third kappa shape index (κ3) is 6.10. The summed E-state index contributed by atoms with van der Waals surface area (Å²) in [6.45, 7) is 0.964. The summed E-state index contributed by atoms with van der Waals surface area (Å²) in [5.41, 5.74) is 1.53. The molecule has 8 heteroatoms. The summed E-state index contributed by atoms with van der Waals surface area (Å²) in [5, 5.41) is 2.57. The minimum absolute atomic E-state index is 0.116. The number of rotatable bonds is 9. The molecule has 0 bridgehead atoms. The number of benzene rings is 2. The number of carbonyl (C=O) groups is 3. The number of amides is 1. The number of nitrogens with one attached hydrogen (secondary N) is 1. The Hall–Kier alpha value is -3.81. The topological polar surface area (TPSA) is 100 Å². The van der Waals surface area contributed by atoms with E-state index in [1.165, 1.54) is 40.4 Å². The fraction of sp³-hybridized carbons (Fsp3) is 0.227. The van der Waals surface area contributed by atoms with Crippen LogP contribution >= 0.6 is 0 Å². The average Bonchev–Trinajstić information content (AvgIpc) is 2.75. The Kier molecular flexibility index (Phi) is 7.99. The van der Waals surface area contributed by atoms with Crippen LogP contribution in [0.3, 0.4) is 0 Å². The van der Waals surface area contributed by atoms with Crippen molar-refractivity contribution in [1.29, 1.82) is 0 Å². The van der Waals surface area contributed by atoms with E-state index in [1.807, 2.05) is 0 Å². The second-order valence-electron chi connectivity index (χ2n) is 6.08. The predicted molar refractivity (Wildman–Crippen MR) is 111 cm³/mol. The van der Waals surface area contributed by atoms with Gasteiger partial charge >= 0.3 is 5.97 Å². The van der Waals surface area contributed by atoms with Crippen molar-refractivity contribution in [1.82, 2.24) is 0 Å². The van der Waals surface area contributed by atoms with Gasteiger partial charge in [-0.25, -0.2) is 4.79 Å². The van der Waals surface area contributed by atoms with Crippen molar-refractivity contribution in [3.63, 3.8) is 0 Å². The monoisotopic (exact) mass is 413 g/mol.